The van der Waals surface area contributed by atoms with E-state index < -0.39 is 5.97 Å². The number of carbonyl (C=O) groups excluding carboxylic acids is 1. The molecule has 5 heteroatoms. The molecule has 108 valence electrons. The summed E-state index contributed by atoms with van der Waals surface area (Å²) in [6, 6.07) is 8.78. The van der Waals surface area contributed by atoms with Crippen molar-refractivity contribution >= 4 is 17.7 Å². The third-order valence-corrected chi connectivity index (χ3v) is 2.69. The van der Waals surface area contributed by atoms with E-state index in [2.05, 4.69) is 5.32 Å². The summed E-state index contributed by atoms with van der Waals surface area (Å²) in [7, 11) is 0. The van der Waals surface area contributed by atoms with Crippen molar-refractivity contribution in [2.45, 2.75) is 19.8 Å². The molecule has 0 bridgehead atoms. The molecule has 2 amide bonds. The van der Waals surface area contributed by atoms with Crippen molar-refractivity contribution in [2.24, 2.45) is 0 Å². The molecule has 0 aliphatic rings. The molecule has 0 fully saturated rings. The largest absolute Gasteiger partial charge is 0.481 e. The molecule has 0 aliphatic carbocycles. The first kappa shape index (κ1) is 15.8. The van der Waals surface area contributed by atoms with E-state index >= 15 is 0 Å². The number of hydrogen-bond donors (Lipinski definition) is 2. The number of anilines is 1. The molecule has 1 rings (SSSR count). The molecule has 0 heterocycles. The highest BCUT2D eigenvalue weighted by atomic mass is 16.4. The molecular weight excluding hydrogens is 256 g/mol. The van der Waals surface area contributed by atoms with Crippen LogP contribution in [0, 0.1) is 0 Å². The zero-order chi connectivity index (χ0) is 14.8. The summed E-state index contributed by atoms with van der Waals surface area (Å²) < 4.78 is 0. The fraction of sp³-hybridized carbons (Fsp3) is 0.333. The zero-order valence-corrected chi connectivity index (χ0v) is 11.6. The summed E-state index contributed by atoms with van der Waals surface area (Å²) in [5.74, 6) is -0.923. The van der Waals surface area contributed by atoms with E-state index in [1.54, 1.807) is 12.1 Å². The number of carbonyl (C=O) groups is 2. The maximum atomic E-state index is 12.1. The Labute approximate surface area is 118 Å². The average molecular weight is 276 g/mol. The van der Waals surface area contributed by atoms with E-state index in [9.17, 15) is 9.59 Å². The highest BCUT2D eigenvalue weighted by Crippen LogP contribution is 2.13. The molecule has 2 N–H and O–H groups in total. The molecule has 5 nitrogen and oxygen atoms in total. The number of nitrogens with zero attached hydrogens (tertiary/aromatic N) is 1. The Morgan fingerprint density at radius 2 is 2.00 bits per heavy atom. The Kier molecular flexibility index (Phi) is 6.89. The summed E-state index contributed by atoms with van der Waals surface area (Å²) in [5.41, 5.74) is 0.692. The van der Waals surface area contributed by atoms with Gasteiger partial charge in [0.2, 0.25) is 0 Å². The van der Waals surface area contributed by atoms with Gasteiger partial charge in [-0.3, -0.25) is 9.69 Å². The van der Waals surface area contributed by atoms with Gasteiger partial charge in [0, 0.05) is 18.8 Å². The molecule has 1 aromatic carbocycles. The predicted octanol–water partition coefficient (Wildman–Crippen LogP) is 2.64. The second-order valence-electron chi connectivity index (χ2n) is 4.22. The van der Waals surface area contributed by atoms with Crippen LogP contribution in [-0.4, -0.2) is 30.2 Å². The number of rotatable bonds is 7. The van der Waals surface area contributed by atoms with Gasteiger partial charge < -0.3 is 10.4 Å². The lowest BCUT2D eigenvalue weighted by molar-refractivity contribution is -0.136. The van der Waals surface area contributed by atoms with Crippen molar-refractivity contribution in [1.82, 2.24) is 5.32 Å². The van der Waals surface area contributed by atoms with Crippen LogP contribution < -0.4 is 10.2 Å². The Bertz CT molecular complexity index is 457. The van der Waals surface area contributed by atoms with Gasteiger partial charge in [0.05, 0.1) is 6.42 Å². The number of para-hydroxylation sites is 1. The van der Waals surface area contributed by atoms with Crippen molar-refractivity contribution in [1.29, 1.82) is 0 Å². The van der Waals surface area contributed by atoms with Gasteiger partial charge in [-0.25, -0.2) is 4.79 Å². The first-order valence-electron chi connectivity index (χ1n) is 6.58. The van der Waals surface area contributed by atoms with Crippen LogP contribution in [0.4, 0.5) is 10.5 Å². The van der Waals surface area contributed by atoms with Gasteiger partial charge in [0.15, 0.2) is 0 Å². The first-order chi connectivity index (χ1) is 9.65. The third-order valence-electron chi connectivity index (χ3n) is 2.69. The van der Waals surface area contributed by atoms with Gasteiger partial charge in [-0.2, -0.15) is 0 Å². The monoisotopic (exact) mass is 276 g/mol. The number of carboxylic acids is 1. The quantitative estimate of drug-likeness (QED) is 0.594. The second-order valence-corrected chi connectivity index (χ2v) is 4.22. The number of allylic oxidation sites excluding steroid dienone is 1. The number of nitrogens with one attached hydrogen (secondary N) is 1. The van der Waals surface area contributed by atoms with Crippen molar-refractivity contribution < 1.29 is 14.7 Å². The lowest BCUT2D eigenvalue weighted by atomic mass is 10.2. The fourth-order valence-electron chi connectivity index (χ4n) is 1.69. The van der Waals surface area contributed by atoms with E-state index in [1.807, 2.05) is 37.3 Å². The highest BCUT2D eigenvalue weighted by Gasteiger charge is 2.15. The minimum Gasteiger partial charge on any atom is -0.481 e. The summed E-state index contributed by atoms with van der Waals surface area (Å²) in [4.78, 5) is 24.3. The van der Waals surface area contributed by atoms with Crippen LogP contribution in [0.25, 0.3) is 0 Å². The number of carboxylic acid groups (broad SMARTS) is 1. The molecule has 0 saturated carbocycles. The van der Waals surface area contributed by atoms with Crippen LogP contribution in [0.2, 0.25) is 0 Å². The predicted molar refractivity (Wildman–Crippen MR) is 78.9 cm³/mol. The topological polar surface area (TPSA) is 69.6 Å². The number of aliphatic carboxylic acids is 1. The van der Waals surface area contributed by atoms with Crippen LogP contribution in [0.15, 0.2) is 42.5 Å². The molecule has 0 spiro atoms. The molecule has 0 aromatic heterocycles. The summed E-state index contributed by atoms with van der Waals surface area (Å²) >= 11 is 0. The highest BCUT2D eigenvalue weighted by molar-refractivity contribution is 5.92. The average Bonchev–Trinajstić information content (AvgIpc) is 2.44. The van der Waals surface area contributed by atoms with Gasteiger partial charge in [0.1, 0.15) is 0 Å². The Balaban J connectivity index is 2.66. The van der Waals surface area contributed by atoms with Crippen LogP contribution in [0.3, 0.4) is 0 Å². The molecule has 1 aromatic rings. The van der Waals surface area contributed by atoms with Gasteiger partial charge in [-0.15, -0.1) is 0 Å². The Hall–Kier alpha value is -2.30. The first-order valence-corrected chi connectivity index (χ1v) is 6.58. The van der Waals surface area contributed by atoms with Crippen LogP contribution in [0.5, 0.6) is 0 Å². The Morgan fingerprint density at radius 3 is 2.60 bits per heavy atom. The van der Waals surface area contributed by atoms with Crippen molar-refractivity contribution in [3.63, 3.8) is 0 Å². The minimum absolute atomic E-state index is 0.0861. The van der Waals surface area contributed by atoms with Crippen molar-refractivity contribution in [2.75, 3.05) is 18.0 Å². The summed E-state index contributed by atoms with van der Waals surface area (Å²) in [5, 5.41) is 11.6. The minimum atomic E-state index is -0.923. The number of urea groups is 1. The van der Waals surface area contributed by atoms with E-state index in [4.69, 9.17) is 5.11 Å². The van der Waals surface area contributed by atoms with E-state index in [0.717, 1.165) is 6.42 Å². The zero-order valence-electron chi connectivity index (χ0n) is 11.6. The SMILES string of the molecule is C/C=C/CCNC(=O)N(CCC(=O)O)c1ccccc1. The van der Waals surface area contributed by atoms with Crippen LogP contribution in [-0.2, 0) is 4.79 Å². The van der Waals surface area contributed by atoms with Crippen molar-refractivity contribution in [3.8, 4) is 0 Å². The molecule has 20 heavy (non-hydrogen) atoms. The maximum Gasteiger partial charge on any atom is 0.321 e. The standard InChI is InChI=1S/C15H20N2O3/c1-2-3-7-11-16-15(20)17(12-10-14(18)19)13-8-5-4-6-9-13/h2-6,8-9H,7,10-12H2,1H3,(H,16,20)(H,18,19)/b3-2+. The second kappa shape index (κ2) is 8.74. The number of benzene rings is 1. The normalized spacial score (nSPS) is 10.4. The maximum absolute atomic E-state index is 12.1. The van der Waals surface area contributed by atoms with Gasteiger partial charge >= 0.3 is 12.0 Å². The van der Waals surface area contributed by atoms with Gasteiger partial charge in [-0.05, 0) is 25.5 Å². The van der Waals surface area contributed by atoms with E-state index in [-0.39, 0.29) is 19.0 Å². The molecular formula is C15H20N2O3. The van der Waals surface area contributed by atoms with E-state index in [1.165, 1.54) is 4.90 Å². The fourth-order valence-corrected chi connectivity index (χ4v) is 1.69. The molecule has 0 saturated heterocycles. The molecule has 0 atom stereocenters. The van der Waals surface area contributed by atoms with Gasteiger partial charge in [-0.1, -0.05) is 30.4 Å². The number of hydrogen-bond acceptors (Lipinski definition) is 2. The van der Waals surface area contributed by atoms with Crippen LogP contribution in [0.1, 0.15) is 19.8 Å². The van der Waals surface area contributed by atoms with Crippen LogP contribution >= 0.6 is 0 Å². The van der Waals surface area contributed by atoms with E-state index in [0.29, 0.717) is 12.2 Å². The lowest BCUT2D eigenvalue weighted by Gasteiger charge is -2.22. The molecule has 0 aliphatic heterocycles. The van der Waals surface area contributed by atoms with Gasteiger partial charge in [0.25, 0.3) is 0 Å². The summed E-state index contributed by atoms with van der Waals surface area (Å²) in [6.45, 7) is 2.60. The Morgan fingerprint density at radius 1 is 1.30 bits per heavy atom. The third kappa shape index (κ3) is 5.56. The molecule has 0 radical (unpaired) electrons. The summed E-state index contributed by atoms with van der Waals surface area (Å²) in [6.07, 6.45) is 4.55. The lowest BCUT2D eigenvalue weighted by Crippen LogP contribution is -2.41. The molecule has 0 unspecified atom stereocenters. The van der Waals surface area contributed by atoms with Crippen molar-refractivity contribution in [3.05, 3.63) is 42.5 Å². The smallest absolute Gasteiger partial charge is 0.321 e. The number of amides is 2.